The topological polar surface area (TPSA) is 36.4 Å². The number of amides is 1. The summed E-state index contributed by atoms with van der Waals surface area (Å²) in [6.45, 7) is 3.65. The van der Waals surface area contributed by atoms with Gasteiger partial charge in [0, 0.05) is 36.3 Å². The number of para-hydroxylation sites is 2. The molecule has 1 aliphatic rings. The largest absolute Gasteiger partial charge is 0.342 e. The van der Waals surface area contributed by atoms with Crippen LogP contribution in [0.5, 0.6) is 0 Å². The molecule has 0 atom stereocenters. The first-order chi connectivity index (χ1) is 13.3. The van der Waals surface area contributed by atoms with Crippen LogP contribution in [0.3, 0.4) is 0 Å². The number of anilines is 3. The third kappa shape index (κ3) is 3.43. The van der Waals surface area contributed by atoms with E-state index >= 15 is 0 Å². The van der Waals surface area contributed by atoms with Crippen molar-refractivity contribution in [3.8, 4) is 0 Å². The number of benzene rings is 2. The molecule has 4 rings (SSSR count). The van der Waals surface area contributed by atoms with Crippen molar-refractivity contribution >= 4 is 23.0 Å². The maximum Gasteiger partial charge on any atom is 0.276 e. The predicted octanol–water partition coefficient (Wildman–Crippen LogP) is 4.83. The van der Waals surface area contributed by atoms with E-state index in [2.05, 4.69) is 35.0 Å². The summed E-state index contributed by atoms with van der Waals surface area (Å²) < 4.78 is 0. The van der Waals surface area contributed by atoms with E-state index in [0.717, 1.165) is 43.0 Å². The second kappa shape index (κ2) is 7.62. The molecule has 2 heterocycles. The lowest BCUT2D eigenvalue weighted by molar-refractivity contribution is 0.0980. The van der Waals surface area contributed by atoms with E-state index in [1.807, 2.05) is 53.4 Å². The molecule has 0 aliphatic carbocycles. The summed E-state index contributed by atoms with van der Waals surface area (Å²) in [6.07, 6.45) is 3.72. The minimum Gasteiger partial charge on any atom is -0.342 e. The smallest absolute Gasteiger partial charge is 0.276 e. The summed E-state index contributed by atoms with van der Waals surface area (Å²) in [4.78, 5) is 21.6. The predicted molar refractivity (Wildman–Crippen MR) is 110 cm³/mol. The molecule has 0 saturated heterocycles. The van der Waals surface area contributed by atoms with Crippen molar-refractivity contribution in [2.24, 2.45) is 0 Å². The van der Waals surface area contributed by atoms with Crippen LogP contribution in [0.4, 0.5) is 17.1 Å². The molecule has 0 spiro atoms. The van der Waals surface area contributed by atoms with Gasteiger partial charge in [0.2, 0.25) is 0 Å². The summed E-state index contributed by atoms with van der Waals surface area (Å²) >= 11 is 0. The molecule has 27 heavy (non-hydrogen) atoms. The molecular formula is C23H23N3O. The number of carbonyl (C=O) groups excluding carboxylic acids is 1. The average Bonchev–Trinajstić information content (AvgIpc) is 2.74. The van der Waals surface area contributed by atoms with Gasteiger partial charge in [0.15, 0.2) is 0 Å². The third-order valence-corrected chi connectivity index (χ3v) is 5.01. The SMILES string of the molecule is CCN(c1ccccc1)c1ccnc(C(=O)N2CCCc3ccccc32)c1. The highest BCUT2D eigenvalue weighted by Gasteiger charge is 2.24. The van der Waals surface area contributed by atoms with E-state index < -0.39 is 0 Å². The normalized spacial score (nSPS) is 13.1. The molecule has 1 amide bonds. The molecule has 2 aromatic carbocycles. The van der Waals surface area contributed by atoms with E-state index in [1.165, 1.54) is 5.56 Å². The van der Waals surface area contributed by atoms with Crippen molar-refractivity contribution in [2.45, 2.75) is 19.8 Å². The maximum absolute atomic E-state index is 13.2. The van der Waals surface area contributed by atoms with Crippen LogP contribution in [0, 0.1) is 0 Å². The Labute approximate surface area is 160 Å². The van der Waals surface area contributed by atoms with Gasteiger partial charge in [-0.3, -0.25) is 9.78 Å². The van der Waals surface area contributed by atoms with Crippen LogP contribution < -0.4 is 9.80 Å². The van der Waals surface area contributed by atoms with Crippen LogP contribution in [0.15, 0.2) is 72.9 Å². The van der Waals surface area contributed by atoms with Crippen molar-refractivity contribution in [3.05, 3.63) is 84.2 Å². The number of rotatable bonds is 4. The molecular weight excluding hydrogens is 334 g/mol. The first kappa shape index (κ1) is 17.3. The molecule has 0 bridgehead atoms. The van der Waals surface area contributed by atoms with Crippen molar-refractivity contribution < 1.29 is 4.79 Å². The monoisotopic (exact) mass is 357 g/mol. The molecule has 0 unspecified atom stereocenters. The zero-order chi connectivity index (χ0) is 18.6. The Balaban J connectivity index is 1.66. The molecule has 3 aromatic rings. The second-order valence-corrected chi connectivity index (χ2v) is 6.67. The summed E-state index contributed by atoms with van der Waals surface area (Å²) in [5, 5.41) is 0. The van der Waals surface area contributed by atoms with Gasteiger partial charge in [-0.15, -0.1) is 0 Å². The van der Waals surface area contributed by atoms with Gasteiger partial charge in [-0.2, -0.15) is 0 Å². The Morgan fingerprint density at radius 2 is 1.81 bits per heavy atom. The fourth-order valence-corrected chi connectivity index (χ4v) is 3.71. The number of carbonyl (C=O) groups is 1. The lowest BCUT2D eigenvalue weighted by Gasteiger charge is -2.29. The van der Waals surface area contributed by atoms with Gasteiger partial charge in [0.25, 0.3) is 5.91 Å². The van der Waals surface area contributed by atoms with Gasteiger partial charge in [-0.1, -0.05) is 36.4 Å². The number of aryl methyl sites for hydroxylation is 1. The van der Waals surface area contributed by atoms with E-state index in [4.69, 9.17) is 0 Å². The van der Waals surface area contributed by atoms with Crippen LogP contribution in [-0.4, -0.2) is 24.0 Å². The van der Waals surface area contributed by atoms with Gasteiger partial charge in [-0.05, 0) is 55.7 Å². The quantitative estimate of drug-likeness (QED) is 0.671. The van der Waals surface area contributed by atoms with Crippen LogP contribution >= 0.6 is 0 Å². The second-order valence-electron chi connectivity index (χ2n) is 6.67. The molecule has 0 radical (unpaired) electrons. The number of pyridine rings is 1. The van der Waals surface area contributed by atoms with E-state index in [9.17, 15) is 4.79 Å². The van der Waals surface area contributed by atoms with Crippen LogP contribution in [0.25, 0.3) is 0 Å². The molecule has 136 valence electrons. The number of fused-ring (bicyclic) bond motifs is 1. The van der Waals surface area contributed by atoms with Gasteiger partial charge in [0.05, 0.1) is 0 Å². The molecule has 0 N–H and O–H groups in total. The lowest BCUT2D eigenvalue weighted by atomic mass is 10.0. The van der Waals surface area contributed by atoms with E-state index in [0.29, 0.717) is 5.69 Å². The fourth-order valence-electron chi connectivity index (χ4n) is 3.71. The lowest BCUT2D eigenvalue weighted by Crippen LogP contribution is -2.36. The Bertz CT molecular complexity index is 939. The van der Waals surface area contributed by atoms with E-state index in [-0.39, 0.29) is 5.91 Å². The Morgan fingerprint density at radius 3 is 2.63 bits per heavy atom. The molecule has 4 heteroatoms. The summed E-state index contributed by atoms with van der Waals surface area (Å²) in [7, 11) is 0. The first-order valence-corrected chi connectivity index (χ1v) is 9.46. The minimum absolute atomic E-state index is 0.0342. The van der Waals surface area contributed by atoms with Crippen molar-refractivity contribution in [1.29, 1.82) is 0 Å². The first-order valence-electron chi connectivity index (χ1n) is 9.46. The maximum atomic E-state index is 13.2. The van der Waals surface area contributed by atoms with Crippen molar-refractivity contribution in [3.63, 3.8) is 0 Å². The van der Waals surface area contributed by atoms with Crippen LogP contribution in [-0.2, 0) is 6.42 Å². The molecule has 4 nitrogen and oxygen atoms in total. The van der Waals surface area contributed by atoms with Crippen molar-refractivity contribution in [1.82, 2.24) is 4.98 Å². The van der Waals surface area contributed by atoms with Crippen LogP contribution in [0.2, 0.25) is 0 Å². The number of hydrogen-bond donors (Lipinski definition) is 0. The van der Waals surface area contributed by atoms with Gasteiger partial charge in [0.1, 0.15) is 5.69 Å². The highest BCUT2D eigenvalue weighted by molar-refractivity contribution is 6.06. The van der Waals surface area contributed by atoms with Gasteiger partial charge in [-0.25, -0.2) is 0 Å². The van der Waals surface area contributed by atoms with E-state index in [1.54, 1.807) is 6.20 Å². The summed E-state index contributed by atoms with van der Waals surface area (Å²) in [5.74, 6) is -0.0342. The molecule has 0 saturated carbocycles. The summed E-state index contributed by atoms with van der Waals surface area (Å²) in [5.41, 5.74) is 4.81. The molecule has 1 aromatic heterocycles. The molecule has 1 aliphatic heterocycles. The van der Waals surface area contributed by atoms with Gasteiger partial charge >= 0.3 is 0 Å². The Hall–Kier alpha value is -3.14. The van der Waals surface area contributed by atoms with Crippen LogP contribution in [0.1, 0.15) is 29.4 Å². The standard InChI is InChI=1S/C23H23N3O/c1-2-25(19-11-4-3-5-12-19)20-14-15-24-21(17-20)23(27)26-16-8-10-18-9-6-7-13-22(18)26/h3-7,9,11-15,17H,2,8,10,16H2,1H3. The Kier molecular flexibility index (Phi) is 4.88. The third-order valence-electron chi connectivity index (χ3n) is 5.01. The molecule has 0 fully saturated rings. The number of aromatic nitrogens is 1. The number of hydrogen-bond acceptors (Lipinski definition) is 3. The average molecular weight is 357 g/mol. The zero-order valence-corrected chi connectivity index (χ0v) is 15.5. The highest BCUT2D eigenvalue weighted by Crippen LogP contribution is 2.29. The fraction of sp³-hybridized carbons (Fsp3) is 0.217. The minimum atomic E-state index is -0.0342. The number of nitrogens with zero attached hydrogens (tertiary/aromatic N) is 3. The summed E-state index contributed by atoms with van der Waals surface area (Å²) in [6, 6.07) is 22.2. The zero-order valence-electron chi connectivity index (χ0n) is 15.5. The van der Waals surface area contributed by atoms with Gasteiger partial charge < -0.3 is 9.80 Å². The highest BCUT2D eigenvalue weighted by atomic mass is 16.2. The van der Waals surface area contributed by atoms with Crippen molar-refractivity contribution in [2.75, 3.05) is 22.9 Å². The Morgan fingerprint density at radius 1 is 1.04 bits per heavy atom.